The molecule has 1 saturated carbocycles. The zero-order valence-corrected chi connectivity index (χ0v) is 20.1. The minimum absolute atomic E-state index is 0.154. The number of hydrogen-bond donors (Lipinski definition) is 0. The number of allylic oxidation sites excluding steroid dienone is 2. The van der Waals surface area contributed by atoms with E-state index in [0.29, 0.717) is 29.9 Å². The fourth-order valence-electron chi connectivity index (χ4n) is 4.98. The van der Waals surface area contributed by atoms with Crippen LogP contribution in [0.25, 0.3) is 22.3 Å². The standard InChI is InChI=1S/C31H33F3/c1-3-4-5-6-7-25-16-19-28(31(34)30(25)33)24-14-12-22(13-15-24)26-17-18-27(29(32)20-26)23-10-8-21(2)9-11-23/h4-5,12-21,23H,3,6-11H2,1-2H3/b5-4+. The molecule has 0 aliphatic heterocycles. The van der Waals surface area contributed by atoms with Crippen LogP contribution in [0.1, 0.15) is 69.4 Å². The molecular formula is C31H33F3. The van der Waals surface area contributed by atoms with Gasteiger partial charge in [0, 0.05) is 5.56 Å². The van der Waals surface area contributed by atoms with E-state index in [-0.39, 0.29) is 11.4 Å². The molecule has 3 aromatic rings. The van der Waals surface area contributed by atoms with E-state index in [0.717, 1.165) is 54.7 Å². The van der Waals surface area contributed by atoms with Crippen molar-refractivity contribution in [1.29, 1.82) is 0 Å². The lowest BCUT2D eigenvalue weighted by Gasteiger charge is -2.26. The average molecular weight is 463 g/mol. The summed E-state index contributed by atoms with van der Waals surface area (Å²) < 4.78 is 44.4. The van der Waals surface area contributed by atoms with Crippen molar-refractivity contribution in [2.24, 2.45) is 5.92 Å². The normalized spacial score (nSPS) is 18.5. The van der Waals surface area contributed by atoms with Crippen molar-refractivity contribution in [3.63, 3.8) is 0 Å². The van der Waals surface area contributed by atoms with Crippen molar-refractivity contribution in [2.75, 3.05) is 0 Å². The quantitative estimate of drug-likeness (QED) is 0.307. The molecule has 0 bridgehead atoms. The van der Waals surface area contributed by atoms with Crippen molar-refractivity contribution in [1.82, 2.24) is 0 Å². The van der Waals surface area contributed by atoms with Crippen molar-refractivity contribution in [2.45, 2.75) is 64.7 Å². The third-order valence-corrected chi connectivity index (χ3v) is 7.13. The summed E-state index contributed by atoms with van der Waals surface area (Å²) in [6.07, 6.45) is 10.5. The fourth-order valence-corrected chi connectivity index (χ4v) is 4.98. The Morgan fingerprint density at radius 3 is 2.12 bits per heavy atom. The molecule has 3 aromatic carbocycles. The monoisotopic (exact) mass is 462 g/mol. The second-order valence-corrected chi connectivity index (χ2v) is 9.59. The van der Waals surface area contributed by atoms with Gasteiger partial charge in [-0.05, 0) is 77.8 Å². The maximum Gasteiger partial charge on any atom is 0.166 e. The highest BCUT2D eigenvalue weighted by Crippen LogP contribution is 2.38. The zero-order valence-electron chi connectivity index (χ0n) is 20.1. The van der Waals surface area contributed by atoms with E-state index < -0.39 is 11.6 Å². The summed E-state index contributed by atoms with van der Waals surface area (Å²) in [4.78, 5) is 0. The molecule has 0 spiro atoms. The predicted molar refractivity (Wildman–Crippen MR) is 135 cm³/mol. The Kier molecular flexibility index (Phi) is 7.92. The maximum absolute atomic E-state index is 14.9. The summed E-state index contributed by atoms with van der Waals surface area (Å²) >= 11 is 0. The van der Waals surface area contributed by atoms with Gasteiger partial charge in [-0.3, -0.25) is 0 Å². The summed E-state index contributed by atoms with van der Waals surface area (Å²) in [5.41, 5.74) is 3.69. The summed E-state index contributed by atoms with van der Waals surface area (Å²) in [5.74, 6) is -0.715. The van der Waals surface area contributed by atoms with E-state index in [1.54, 1.807) is 30.3 Å². The van der Waals surface area contributed by atoms with Crippen LogP contribution in [0.4, 0.5) is 13.2 Å². The highest BCUT2D eigenvalue weighted by atomic mass is 19.2. The Labute approximate surface area is 201 Å². The van der Waals surface area contributed by atoms with E-state index in [9.17, 15) is 13.2 Å². The molecule has 0 saturated heterocycles. The Bertz CT molecular complexity index is 1140. The summed E-state index contributed by atoms with van der Waals surface area (Å²) in [6, 6.07) is 16.0. The van der Waals surface area contributed by atoms with Crippen molar-refractivity contribution < 1.29 is 13.2 Å². The van der Waals surface area contributed by atoms with Gasteiger partial charge in [0.25, 0.3) is 0 Å². The average Bonchev–Trinajstić information content (AvgIpc) is 2.85. The van der Waals surface area contributed by atoms with Crippen LogP contribution >= 0.6 is 0 Å². The van der Waals surface area contributed by atoms with Gasteiger partial charge in [0.2, 0.25) is 0 Å². The first-order valence-corrected chi connectivity index (χ1v) is 12.5. The summed E-state index contributed by atoms with van der Waals surface area (Å²) in [7, 11) is 0. The largest absolute Gasteiger partial charge is 0.207 e. The highest BCUT2D eigenvalue weighted by molar-refractivity contribution is 5.71. The predicted octanol–water partition coefficient (Wildman–Crippen LogP) is 9.63. The van der Waals surface area contributed by atoms with E-state index >= 15 is 0 Å². The first-order chi connectivity index (χ1) is 16.5. The van der Waals surface area contributed by atoms with Gasteiger partial charge < -0.3 is 0 Å². The van der Waals surface area contributed by atoms with Crippen LogP contribution in [0, 0.1) is 23.4 Å². The third-order valence-electron chi connectivity index (χ3n) is 7.13. The minimum atomic E-state index is -0.818. The molecule has 0 amide bonds. The molecule has 0 unspecified atom stereocenters. The minimum Gasteiger partial charge on any atom is -0.207 e. The van der Waals surface area contributed by atoms with Gasteiger partial charge in [-0.2, -0.15) is 0 Å². The van der Waals surface area contributed by atoms with Gasteiger partial charge in [-0.25, -0.2) is 13.2 Å². The Morgan fingerprint density at radius 1 is 0.765 bits per heavy atom. The van der Waals surface area contributed by atoms with Crippen molar-refractivity contribution in [3.05, 3.63) is 95.3 Å². The van der Waals surface area contributed by atoms with Gasteiger partial charge in [0.1, 0.15) is 5.82 Å². The zero-order chi connectivity index (χ0) is 24.1. The number of rotatable bonds is 7. The van der Waals surface area contributed by atoms with Crippen LogP contribution in [-0.4, -0.2) is 0 Å². The van der Waals surface area contributed by atoms with Crippen LogP contribution in [0.5, 0.6) is 0 Å². The molecule has 0 N–H and O–H groups in total. The first-order valence-electron chi connectivity index (χ1n) is 12.5. The Morgan fingerprint density at radius 2 is 1.44 bits per heavy atom. The van der Waals surface area contributed by atoms with Crippen molar-refractivity contribution in [3.8, 4) is 22.3 Å². The van der Waals surface area contributed by atoms with Gasteiger partial charge in [0.15, 0.2) is 11.6 Å². The third kappa shape index (κ3) is 5.46. The van der Waals surface area contributed by atoms with Gasteiger partial charge >= 0.3 is 0 Å². The Hall–Kier alpha value is -2.81. The second-order valence-electron chi connectivity index (χ2n) is 9.59. The molecule has 1 fully saturated rings. The van der Waals surface area contributed by atoms with Crippen LogP contribution in [0.2, 0.25) is 0 Å². The lowest BCUT2D eigenvalue weighted by Crippen LogP contribution is -2.12. The molecule has 3 heteroatoms. The molecule has 4 rings (SSSR count). The molecule has 0 heterocycles. The number of benzene rings is 3. The maximum atomic E-state index is 14.9. The molecule has 1 aliphatic carbocycles. The summed E-state index contributed by atoms with van der Waals surface area (Å²) in [6.45, 7) is 4.31. The molecule has 178 valence electrons. The molecule has 0 atom stereocenters. The second kappa shape index (κ2) is 11.1. The number of hydrogen-bond acceptors (Lipinski definition) is 0. The van der Waals surface area contributed by atoms with E-state index in [4.69, 9.17) is 0 Å². The van der Waals surface area contributed by atoms with Crippen LogP contribution < -0.4 is 0 Å². The molecule has 0 radical (unpaired) electrons. The SMILES string of the molecule is CC/C=C/CCc1ccc(-c2ccc(-c3ccc(C4CCC(C)CC4)c(F)c3)cc2)c(F)c1F. The number of halogens is 3. The van der Waals surface area contributed by atoms with Crippen LogP contribution in [0.15, 0.2) is 66.7 Å². The van der Waals surface area contributed by atoms with Crippen LogP contribution in [-0.2, 0) is 6.42 Å². The fraction of sp³-hybridized carbons (Fsp3) is 0.355. The number of aryl methyl sites for hydroxylation is 1. The smallest absolute Gasteiger partial charge is 0.166 e. The van der Waals surface area contributed by atoms with Gasteiger partial charge in [0.05, 0.1) is 0 Å². The molecular weight excluding hydrogens is 429 g/mol. The van der Waals surface area contributed by atoms with Crippen molar-refractivity contribution >= 4 is 0 Å². The lowest BCUT2D eigenvalue weighted by molar-refractivity contribution is 0.342. The lowest BCUT2D eigenvalue weighted by atomic mass is 9.79. The topological polar surface area (TPSA) is 0 Å². The van der Waals surface area contributed by atoms with E-state index in [2.05, 4.69) is 6.92 Å². The van der Waals surface area contributed by atoms with Gasteiger partial charge in [-0.15, -0.1) is 0 Å². The molecule has 1 aliphatic rings. The van der Waals surface area contributed by atoms with E-state index in [1.165, 1.54) is 0 Å². The Balaban J connectivity index is 1.50. The van der Waals surface area contributed by atoms with Gasteiger partial charge in [-0.1, -0.05) is 87.4 Å². The molecule has 0 nitrogen and oxygen atoms in total. The first kappa shape index (κ1) is 24.3. The van der Waals surface area contributed by atoms with Crippen LogP contribution in [0.3, 0.4) is 0 Å². The molecule has 34 heavy (non-hydrogen) atoms. The highest BCUT2D eigenvalue weighted by Gasteiger charge is 2.22. The molecule has 0 aromatic heterocycles. The van der Waals surface area contributed by atoms with E-state index in [1.807, 2.05) is 43.3 Å². The summed E-state index contributed by atoms with van der Waals surface area (Å²) in [5, 5.41) is 0.